The molecule has 0 saturated heterocycles. The maximum atomic E-state index is 13.5. The van der Waals surface area contributed by atoms with Crippen LogP contribution in [0.15, 0.2) is 18.2 Å². The largest absolute Gasteiger partial charge is 0.355 e. The first-order chi connectivity index (χ1) is 10.4. The minimum absolute atomic E-state index is 0.0247. The molecule has 0 bridgehead atoms. The van der Waals surface area contributed by atoms with Gasteiger partial charge in [0.15, 0.2) is 11.7 Å². The number of carbonyl (C=O) groups excluding carboxylic acids is 3. The van der Waals surface area contributed by atoms with Crippen molar-refractivity contribution in [2.45, 2.75) is 20.3 Å². The van der Waals surface area contributed by atoms with Crippen molar-refractivity contribution in [3.63, 3.8) is 0 Å². The van der Waals surface area contributed by atoms with Gasteiger partial charge in [-0.15, -0.1) is 0 Å². The lowest BCUT2D eigenvalue weighted by atomic mass is 9.97. The fourth-order valence-electron chi connectivity index (χ4n) is 1.72. The van der Waals surface area contributed by atoms with E-state index in [1.165, 1.54) is 13.0 Å². The second-order valence-electron chi connectivity index (χ2n) is 4.59. The monoisotopic (exact) mass is 305 g/mol. The van der Waals surface area contributed by atoms with E-state index in [-0.39, 0.29) is 11.3 Å². The number of Topliss-reactive ketones (excluding diaryl/α,β-unsaturated/α-hetero) is 1. The number of hydrogen-bond acceptors (Lipinski definition) is 4. The number of carbonyl (C=O) groups is 3. The van der Waals surface area contributed by atoms with Crippen LogP contribution >= 0.6 is 0 Å². The molecule has 0 aliphatic carbocycles. The van der Waals surface area contributed by atoms with Gasteiger partial charge in [0.25, 0.3) is 0 Å². The number of ketones is 1. The quantitative estimate of drug-likeness (QED) is 0.616. The molecule has 0 spiro atoms. The fourth-order valence-corrected chi connectivity index (χ4v) is 1.72. The lowest BCUT2D eigenvalue weighted by molar-refractivity contribution is -0.122. The Morgan fingerprint density at radius 2 is 2.05 bits per heavy atom. The molecule has 0 radical (unpaired) electrons. The van der Waals surface area contributed by atoms with Gasteiger partial charge in [0, 0.05) is 19.0 Å². The predicted molar refractivity (Wildman–Crippen MR) is 77.4 cm³/mol. The predicted octanol–water partition coefficient (Wildman–Crippen LogP) is 1.63. The normalized spacial score (nSPS) is 11.2. The van der Waals surface area contributed by atoms with Crippen LogP contribution in [0, 0.1) is 23.1 Å². The Hall–Kier alpha value is -2.75. The zero-order valence-electron chi connectivity index (χ0n) is 12.3. The summed E-state index contributed by atoms with van der Waals surface area (Å²) in [6.45, 7) is 3.39. The zero-order chi connectivity index (χ0) is 16.7. The van der Waals surface area contributed by atoms with Crippen LogP contribution in [0.1, 0.15) is 30.6 Å². The summed E-state index contributed by atoms with van der Waals surface area (Å²) in [7, 11) is 0. The van der Waals surface area contributed by atoms with Gasteiger partial charge in [0.2, 0.25) is 11.8 Å². The standard InChI is InChI=1S/C15H16FN3O3/c1-3-6-18-15(22)11(8-17)14(21)10-4-5-12(16)13(7-10)19-9(2)20/h4-5,7,11H,3,6H2,1-2H3,(H,18,22)(H,19,20). The number of anilines is 1. The van der Waals surface area contributed by atoms with Crippen molar-refractivity contribution in [2.24, 2.45) is 5.92 Å². The van der Waals surface area contributed by atoms with Gasteiger partial charge in [0.05, 0.1) is 11.8 Å². The van der Waals surface area contributed by atoms with Gasteiger partial charge in [-0.25, -0.2) is 4.39 Å². The molecule has 1 rings (SSSR count). The molecule has 1 aromatic carbocycles. The molecule has 2 N–H and O–H groups in total. The average molecular weight is 305 g/mol. The number of amides is 2. The Balaban J connectivity index is 3.03. The smallest absolute Gasteiger partial charge is 0.245 e. The molecule has 0 aliphatic heterocycles. The molecule has 0 fully saturated rings. The van der Waals surface area contributed by atoms with Gasteiger partial charge in [-0.05, 0) is 24.6 Å². The summed E-state index contributed by atoms with van der Waals surface area (Å²) in [6, 6.07) is 4.91. The number of nitrogens with one attached hydrogen (secondary N) is 2. The zero-order valence-corrected chi connectivity index (χ0v) is 12.3. The molecular formula is C15H16FN3O3. The van der Waals surface area contributed by atoms with Crippen molar-refractivity contribution in [3.8, 4) is 6.07 Å². The van der Waals surface area contributed by atoms with E-state index in [1.807, 2.05) is 6.92 Å². The Morgan fingerprint density at radius 1 is 1.36 bits per heavy atom. The van der Waals surface area contributed by atoms with E-state index in [0.29, 0.717) is 13.0 Å². The van der Waals surface area contributed by atoms with Crippen molar-refractivity contribution < 1.29 is 18.8 Å². The number of nitriles is 1. The molecule has 6 nitrogen and oxygen atoms in total. The SMILES string of the molecule is CCCNC(=O)C(C#N)C(=O)c1ccc(F)c(NC(C)=O)c1. The molecule has 2 amide bonds. The maximum absolute atomic E-state index is 13.5. The highest BCUT2D eigenvalue weighted by atomic mass is 19.1. The highest BCUT2D eigenvalue weighted by molar-refractivity contribution is 6.12. The molecule has 0 aromatic heterocycles. The lowest BCUT2D eigenvalue weighted by Crippen LogP contribution is -2.35. The van der Waals surface area contributed by atoms with Crippen LogP contribution in [0.4, 0.5) is 10.1 Å². The molecule has 0 heterocycles. The molecule has 116 valence electrons. The van der Waals surface area contributed by atoms with Crippen LogP contribution in [0.3, 0.4) is 0 Å². The van der Waals surface area contributed by atoms with Crippen molar-refractivity contribution in [2.75, 3.05) is 11.9 Å². The first-order valence-corrected chi connectivity index (χ1v) is 6.69. The van der Waals surface area contributed by atoms with E-state index in [2.05, 4.69) is 10.6 Å². The topological polar surface area (TPSA) is 99.1 Å². The van der Waals surface area contributed by atoms with Crippen LogP contribution in [0.2, 0.25) is 0 Å². The summed E-state index contributed by atoms with van der Waals surface area (Å²) in [5.74, 6) is -4.17. The molecular weight excluding hydrogens is 289 g/mol. The number of benzene rings is 1. The third-order valence-corrected chi connectivity index (χ3v) is 2.76. The maximum Gasteiger partial charge on any atom is 0.245 e. The molecule has 0 aliphatic rings. The number of hydrogen-bond donors (Lipinski definition) is 2. The van der Waals surface area contributed by atoms with Gasteiger partial charge in [-0.2, -0.15) is 5.26 Å². The van der Waals surface area contributed by atoms with Gasteiger partial charge >= 0.3 is 0 Å². The minimum Gasteiger partial charge on any atom is -0.355 e. The summed E-state index contributed by atoms with van der Waals surface area (Å²) in [6.07, 6.45) is 0.668. The summed E-state index contributed by atoms with van der Waals surface area (Å²) in [5, 5.41) is 13.7. The second-order valence-corrected chi connectivity index (χ2v) is 4.59. The Bertz CT molecular complexity index is 637. The molecule has 1 atom stereocenters. The van der Waals surface area contributed by atoms with Gasteiger partial charge in [-0.3, -0.25) is 14.4 Å². The van der Waals surface area contributed by atoms with E-state index < -0.39 is 29.3 Å². The highest BCUT2D eigenvalue weighted by Crippen LogP contribution is 2.19. The van der Waals surface area contributed by atoms with E-state index >= 15 is 0 Å². The van der Waals surface area contributed by atoms with Crippen molar-refractivity contribution in [3.05, 3.63) is 29.6 Å². The third-order valence-electron chi connectivity index (χ3n) is 2.76. The van der Waals surface area contributed by atoms with Crippen LogP contribution in [-0.2, 0) is 9.59 Å². The molecule has 7 heteroatoms. The Labute approximate surface area is 127 Å². The van der Waals surface area contributed by atoms with Crippen molar-refractivity contribution in [1.82, 2.24) is 5.32 Å². The second kappa shape index (κ2) is 7.88. The van der Waals surface area contributed by atoms with E-state index in [9.17, 15) is 18.8 Å². The van der Waals surface area contributed by atoms with Crippen LogP contribution < -0.4 is 10.6 Å². The van der Waals surface area contributed by atoms with Crippen LogP contribution in [0.25, 0.3) is 0 Å². The van der Waals surface area contributed by atoms with Crippen LogP contribution in [0.5, 0.6) is 0 Å². The first kappa shape index (κ1) is 17.3. The molecule has 22 heavy (non-hydrogen) atoms. The summed E-state index contributed by atoms with van der Waals surface area (Å²) >= 11 is 0. The van der Waals surface area contributed by atoms with Crippen molar-refractivity contribution in [1.29, 1.82) is 5.26 Å². The summed E-state index contributed by atoms with van der Waals surface area (Å²) in [5.41, 5.74) is -0.202. The summed E-state index contributed by atoms with van der Waals surface area (Å²) in [4.78, 5) is 35.0. The lowest BCUT2D eigenvalue weighted by Gasteiger charge is -2.10. The van der Waals surface area contributed by atoms with Crippen LogP contribution in [-0.4, -0.2) is 24.1 Å². The van der Waals surface area contributed by atoms with Gasteiger partial charge in [0.1, 0.15) is 5.82 Å². The Kier molecular flexibility index (Phi) is 6.20. The molecule has 1 unspecified atom stereocenters. The fraction of sp³-hybridized carbons (Fsp3) is 0.333. The minimum atomic E-state index is -1.51. The number of nitrogens with zero attached hydrogens (tertiary/aromatic N) is 1. The molecule has 0 saturated carbocycles. The average Bonchev–Trinajstić information content (AvgIpc) is 2.47. The third kappa shape index (κ3) is 4.38. The Morgan fingerprint density at radius 3 is 2.59 bits per heavy atom. The first-order valence-electron chi connectivity index (χ1n) is 6.69. The highest BCUT2D eigenvalue weighted by Gasteiger charge is 2.27. The molecule has 1 aromatic rings. The number of rotatable bonds is 6. The summed E-state index contributed by atoms with van der Waals surface area (Å²) < 4.78 is 13.5. The van der Waals surface area contributed by atoms with Gasteiger partial charge in [-0.1, -0.05) is 6.92 Å². The van der Waals surface area contributed by atoms with E-state index in [4.69, 9.17) is 5.26 Å². The van der Waals surface area contributed by atoms with E-state index in [0.717, 1.165) is 12.1 Å². The van der Waals surface area contributed by atoms with Crippen molar-refractivity contribution >= 4 is 23.3 Å². The number of halogens is 1. The van der Waals surface area contributed by atoms with Gasteiger partial charge < -0.3 is 10.6 Å². The van der Waals surface area contributed by atoms with E-state index in [1.54, 1.807) is 6.07 Å².